The molecular formula is C18H22FN7O. The number of H-pyrrole nitrogens is 1. The molecule has 1 fully saturated rings. The summed E-state index contributed by atoms with van der Waals surface area (Å²) in [4.78, 5) is 22.8. The van der Waals surface area contributed by atoms with E-state index in [-0.39, 0.29) is 12.6 Å². The number of imidazole rings is 1. The largest absolute Gasteiger partial charge is 0.378 e. The molecule has 8 nitrogen and oxygen atoms in total. The molecule has 0 saturated carbocycles. The van der Waals surface area contributed by atoms with Crippen molar-refractivity contribution in [3.05, 3.63) is 30.4 Å². The lowest BCUT2D eigenvalue weighted by Crippen LogP contribution is -2.46. The summed E-state index contributed by atoms with van der Waals surface area (Å²) in [5.41, 5.74) is 1.75. The highest BCUT2D eigenvalue weighted by molar-refractivity contribution is 5.77. The van der Waals surface area contributed by atoms with Crippen LogP contribution >= 0.6 is 0 Å². The lowest BCUT2D eigenvalue weighted by molar-refractivity contribution is 0.0194. The summed E-state index contributed by atoms with van der Waals surface area (Å²) in [5, 5.41) is 3.17. The van der Waals surface area contributed by atoms with Crippen LogP contribution in [0.25, 0.3) is 11.0 Å². The van der Waals surface area contributed by atoms with Crippen LogP contribution in [0.4, 0.5) is 22.0 Å². The number of aryl methyl sites for hydroxylation is 1. The van der Waals surface area contributed by atoms with Crippen molar-refractivity contribution in [2.24, 2.45) is 0 Å². The summed E-state index contributed by atoms with van der Waals surface area (Å²) in [6, 6.07) is 3.63. The van der Waals surface area contributed by atoms with Crippen LogP contribution < -0.4 is 10.2 Å². The smallest absolute Gasteiger partial charge is 0.227 e. The SMILES string of the molecule is CCc1nc2cc(Nc3ccnc(N4CC[C@@H](OC)C(F)C4)n3)ncc2[nH]1. The van der Waals surface area contributed by atoms with Gasteiger partial charge in [-0.1, -0.05) is 6.92 Å². The minimum atomic E-state index is -1.06. The zero-order valence-electron chi connectivity index (χ0n) is 15.3. The molecule has 1 aliphatic heterocycles. The molecule has 2 N–H and O–H groups in total. The standard InChI is InChI=1S/C18H22FN7O/c1-3-15-22-12-8-17(21-9-13(12)23-15)24-16-4-6-20-18(25-16)26-7-5-14(27-2)11(19)10-26/h4,6,8-9,11,14H,3,5,7,10H2,1-2H3,(H,22,23)(H,20,21,24,25)/t11?,14-/m1/s1. The van der Waals surface area contributed by atoms with Crippen LogP contribution in [0.1, 0.15) is 19.2 Å². The Labute approximate surface area is 156 Å². The summed E-state index contributed by atoms with van der Waals surface area (Å²) in [6.07, 6.45) is 3.43. The molecule has 2 atom stereocenters. The van der Waals surface area contributed by atoms with Gasteiger partial charge in [-0.05, 0) is 12.5 Å². The molecule has 1 unspecified atom stereocenters. The fourth-order valence-corrected chi connectivity index (χ4v) is 3.23. The quantitative estimate of drug-likeness (QED) is 0.712. The van der Waals surface area contributed by atoms with E-state index in [1.807, 2.05) is 17.9 Å². The number of pyridine rings is 1. The molecule has 142 valence electrons. The number of aromatic amines is 1. The van der Waals surface area contributed by atoms with Crippen molar-refractivity contribution < 1.29 is 9.13 Å². The first-order chi connectivity index (χ1) is 13.2. The van der Waals surface area contributed by atoms with Crippen LogP contribution in [0.3, 0.4) is 0 Å². The van der Waals surface area contributed by atoms with Gasteiger partial charge in [-0.15, -0.1) is 0 Å². The van der Waals surface area contributed by atoms with Crippen molar-refractivity contribution >= 4 is 28.6 Å². The highest BCUT2D eigenvalue weighted by Gasteiger charge is 2.30. The second-order valence-electron chi connectivity index (χ2n) is 6.52. The van der Waals surface area contributed by atoms with Crippen molar-refractivity contribution in [1.29, 1.82) is 0 Å². The molecule has 0 radical (unpaired) electrons. The van der Waals surface area contributed by atoms with Crippen LogP contribution in [0.2, 0.25) is 0 Å². The Kier molecular flexibility index (Phi) is 4.85. The van der Waals surface area contributed by atoms with Crippen LogP contribution in [0.5, 0.6) is 0 Å². The third kappa shape index (κ3) is 3.68. The van der Waals surface area contributed by atoms with Crippen molar-refractivity contribution in [2.45, 2.75) is 32.0 Å². The molecule has 0 aromatic carbocycles. The van der Waals surface area contributed by atoms with Crippen molar-refractivity contribution in [3.63, 3.8) is 0 Å². The highest BCUT2D eigenvalue weighted by Crippen LogP contribution is 2.22. The van der Waals surface area contributed by atoms with Gasteiger partial charge in [0.2, 0.25) is 5.95 Å². The number of hydrogen-bond donors (Lipinski definition) is 2. The molecule has 3 aromatic rings. The Bertz CT molecular complexity index is 931. The van der Waals surface area contributed by atoms with Gasteiger partial charge in [0.05, 0.1) is 29.9 Å². The van der Waals surface area contributed by atoms with Gasteiger partial charge in [-0.25, -0.2) is 19.3 Å². The maximum absolute atomic E-state index is 14.2. The van der Waals surface area contributed by atoms with E-state index >= 15 is 0 Å². The van der Waals surface area contributed by atoms with E-state index in [1.54, 1.807) is 25.6 Å². The first-order valence-corrected chi connectivity index (χ1v) is 9.02. The van der Waals surface area contributed by atoms with Crippen LogP contribution in [0, 0.1) is 0 Å². The Morgan fingerprint density at radius 1 is 1.33 bits per heavy atom. The molecular weight excluding hydrogens is 349 g/mol. The maximum atomic E-state index is 14.2. The topological polar surface area (TPSA) is 91.8 Å². The van der Waals surface area contributed by atoms with E-state index in [4.69, 9.17) is 4.74 Å². The molecule has 1 aliphatic rings. The summed E-state index contributed by atoms with van der Waals surface area (Å²) >= 11 is 0. The van der Waals surface area contributed by atoms with E-state index < -0.39 is 6.17 Å². The number of methoxy groups -OCH3 is 1. The zero-order valence-corrected chi connectivity index (χ0v) is 15.3. The Morgan fingerprint density at radius 2 is 2.22 bits per heavy atom. The Hall–Kier alpha value is -2.81. The van der Waals surface area contributed by atoms with Crippen molar-refractivity contribution in [2.75, 3.05) is 30.4 Å². The predicted molar refractivity (Wildman–Crippen MR) is 101 cm³/mol. The lowest BCUT2D eigenvalue weighted by Gasteiger charge is -2.33. The van der Waals surface area contributed by atoms with Gasteiger partial charge in [0.1, 0.15) is 23.6 Å². The van der Waals surface area contributed by atoms with E-state index in [2.05, 4.69) is 30.2 Å². The number of nitrogens with one attached hydrogen (secondary N) is 2. The first kappa shape index (κ1) is 17.6. The van der Waals surface area contributed by atoms with Crippen LogP contribution in [0.15, 0.2) is 24.5 Å². The monoisotopic (exact) mass is 371 g/mol. The predicted octanol–water partition coefficient (Wildman–Crippen LogP) is 2.62. The summed E-state index contributed by atoms with van der Waals surface area (Å²) in [5.74, 6) is 2.66. The van der Waals surface area contributed by atoms with E-state index in [0.717, 1.165) is 23.3 Å². The van der Waals surface area contributed by atoms with Crippen LogP contribution in [-0.4, -0.2) is 57.4 Å². The first-order valence-electron chi connectivity index (χ1n) is 9.02. The number of hydrogen-bond acceptors (Lipinski definition) is 7. The number of piperidine rings is 1. The Balaban J connectivity index is 1.51. The van der Waals surface area contributed by atoms with Gasteiger partial charge >= 0.3 is 0 Å². The van der Waals surface area contributed by atoms with Crippen molar-refractivity contribution in [3.8, 4) is 0 Å². The second-order valence-corrected chi connectivity index (χ2v) is 6.52. The fraction of sp³-hybridized carbons (Fsp3) is 0.444. The molecule has 9 heteroatoms. The molecule has 4 rings (SSSR count). The third-order valence-corrected chi connectivity index (χ3v) is 4.72. The van der Waals surface area contributed by atoms with Gasteiger partial charge in [-0.2, -0.15) is 4.98 Å². The van der Waals surface area contributed by atoms with Gasteiger partial charge in [-0.3, -0.25) is 0 Å². The number of ether oxygens (including phenoxy) is 1. The molecule has 27 heavy (non-hydrogen) atoms. The van der Waals surface area contributed by atoms with Crippen molar-refractivity contribution in [1.82, 2.24) is 24.9 Å². The molecule has 0 aliphatic carbocycles. The number of alkyl halides is 1. The molecule has 0 spiro atoms. The van der Waals surface area contributed by atoms with E-state index in [9.17, 15) is 4.39 Å². The van der Waals surface area contributed by atoms with Gasteiger partial charge in [0, 0.05) is 32.3 Å². The minimum Gasteiger partial charge on any atom is -0.378 e. The summed E-state index contributed by atoms with van der Waals surface area (Å²) in [6.45, 7) is 2.92. The van der Waals surface area contributed by atoms with E-state index in [1.165, 1.54) is 0 Å². The number of nitrogens with zero attached hydrogens (tertiary/aromatic N) is 5. The van der Waals surface area contributed by atoms with E-state index in [0.29, 0.717) is 30.5 Å². The average Bonchev–Trinajstić information content (AvgIpc) is 3.10. The summed E-state index contributed by atoms with van der Waals surface area (Å²) in [7, 11) is 1.54. The highest BCUT2D eigenvalue weighted by atomic mass is 19.1. The van der Waals surface area contributed by atoms with Gasteiger partial charge < -0.3 is 19.9 Å². The minimum absolute atomic E-state index is 0.221. The maximum Gasteiger partial charge on any atom is 0.227 e. The van der Waals surface area contributed by atoms with Crippen LogP contribution in [-0.2, 0) is 11.2 Å². The van der Waals surface area contributed by atoms with Gasteiger partial charge in [0.15, 0.2) is 0 Å². The summed E-state index contributed by atoms with van der Waals surface area (Å²) < 4.78 is 19.3. The van der Waals surface area contributed by atoms with Gasteiger partial charge in [0.25, 0.3) is 0 Å². The molecule has 3 aromatic heterocycles. The molecule has 0 bridgehead atoms. The third-order valence-electron chi connectivity index (χ3n) is 4.72. The average molecular weight is 371 g/mol. The number of rotatable bonds is 5. The fourth-order valence-electron chi connectivity index (χ4n) is 3.23. The molecule has 0 amide bonds. The Morgan fingerprint density at radius 3 is 3.00 bits per heavy atom. The number of halogens is 1. The lowest BCUT2D eigenvalue weighted by atomic mass is 10.1. The number of anilines is 3. The zero-order chi connectivity index (χ0) is 18.8. The normalized spacial score (nSPS) is 20.2. The number of fused-ring (bicyclic) bond motifs is 1. The molecule has 1 saturated heterocycles. The second kappa shape index (κ2) is 7.43. The number of aromatic nitrogens is 5. The molecule has 4 heterocycles.